The Morgan fingerprint density at radius 1 is 0.960 bits per heavy atom. The summed E-state index contributed by atoms with van der Waals surface area (Å²) < 4.78 is 10.2. The van der Waals surface area contributed by atoms with Crippen molar-refractivity contribution in [2.75, 3.05) is 14.2 Å². The molecule has 2 aromatic carbocycles. The first-order valence-electron chi connectivity index (χ1n) is 7.82. The van der Waals surface area contributed by atoms with Crippen LogP contribution < -0.4 is 14.8 Å². The fourth-order valence-electron chi connectivity index (χ4n) is 2.10. The lowest BCUT2D eigenvalue weighted by atomic mass is 10.2. The Morgan fingerprint density at radius 3 is 2.00 bits per heavy atom. The molecule has 2 aromatic rings. The summed E-state index contributed by atoms with van der Waals surface area (Å²) in [6.45, 7) is 0.861. The Hall–Kier alpha value is -2.53. The molecule has 0 atom stereocenters. The maximum Gasteiger partial charge on any atom is 0.227 e. The van der Waals surface area contributed by atoms with E-state index in [2.05, 4.69) is 10.3 Å². The van der Waals surface area contributed by atoms with Gasteiger partial charge in [0.1, 0.15) is 16.7 Å². The largest absolute Gasteiger partial charge is 0.497 e. The van der Waals surface area contributed by atoms with E-state index in [9.17, 15) is 4.79 Å². The van der Waals surface area contributed by atoms with E-state index in [4.69, 9.17) is 21.1 Å². The zero-order valence-electron chi connectivity index (χ0n) is 14.3. The number of nitrogens with one attached hydrogen (secondary N) is 1. The minimum atomic E-state index is -0.167. The third-order valence-corrected chi connectivity index (χ3v) is 3.80. The van der Waals surface area contributed by atoms with Gasteiger partial charge in [-0.15, -0.1) is 0 Å². The zero-order chi connectivity index (χ0) is 18.1. The van der Waals surface area contributed by atoms with Crippen LogP contribution in [-0.4, -0.2) is 25.3 Å². The molecule has 0 heterocycles. The third-order valence-electron chi connectivity index (χ3n) is 3.55. The van der Waals surface area contributed by atoms with Gasteiger partial charge in [0.15, 0.2) is 0 Å². The van der Waals surface area contributed by atoms with E-state index in [1.807, 2.05) is 48.5 Å². The van der Waals surface area contributed by atoms with Crippen molar-refractivity contribution in [1.82, 2.24) is 5.32 Å². The molecule has 0 fully saturated rings. The molecular formula is C19H21ClN2O3. The first-order chi connectivity index (χ1) is 12.1. The maximum atomic E-state index is 11.9. The Bertz CT molecular complexity index is 712. The number of benzene rings is 2. The van der Waals surface area contributed by atoms with E-state index in [0.717, 1.165) is 22.6 Å². The summed E-state index contributed by atoms with van der Waals surface area (Å²) in [5.74, 6) is 1.40. The summed E-state index contributed by atoms with van der Waals surface area (Å²) in [7, 11) is 3.23. The molecule has 0 aliphatic heterocycles. The van der Waals surface area contributed by atoms with Crippen molar-refractivity contribution in [1.29, 1.82) is 0 Å². The molecule has 2 rings (SSSR count). The lowest BCUT2D eigenvalue weighted by Gasteiger charge is -2.06. The smallest absolute Gasteiger partial charge is 0.227 e. The summed E-state index contributed by atoms with van der Waals surface area (Å²) >= 11 is 6.05. The maximum absolute atomic E-state index is 11.9. The fraction of sp³-hybridized carbons (Fsp3) is 0.263. The van der Waals surface area contributed by atoms with Crippen molar-refractivity contribution in [2.45, 2.75) is 19.5 Å². The van der Waals surface area contributed by atoms with Gasteiger partial charge in [-0.25, -0.2) is 0 Å². The van der Waals surface area contributed by atoms with Crippen molar-refractivity contribution in [3.05, 3.63) is 59.7 Å². The second-order valence-corrected chi connectivity index (χ2v) is 5.78. The van der Waals surface area contributed by atoms with Gasteiger partial charge in [-0.3, -0.25) is 9.79 Å². The van der Waals surface area contributed by atoms with Gasteiger partial charge in [-0.05, 0) is 35.4 Å². The van der Waals surface area contributed by atoms with Crippen molar-refractivity contribution < 1.29 is 14.3 Å². The van der Waals surface area contributed by atoms with Crippen LogP contribution in [0.4, 0.5) is 0 Å². The number of methoxy groups -OCH3 is 2. The fourth-order valence-corrected chi connectivity index (χ4v) is 2.28. The van der Waals surface area contributed by atoms with Gasteiger partial charge in [0, 0.05) is 6.54 Å². The van der Waals surface area contributed by atoms with E-state index in [0.29, 0.717) is 13.1 Å². The molecule has 132 valence electrons. The molecule has 0 bridgehead atoms. The Morgan fingerprint density at radius 2 is 1.48 bits per heavy atom. The number of aliphatic imine (C=N–C) groups is 1. The predicted molar refractivity (Wildman–Crippen MR) is 99.4 cm³/mol. The molecule has 0 aromatic heterocycles. The normalized spacial score (nSPS) is 11.1. The topological polar surface area (TPSA) is 59.9 Å². The highest BCUT2D eigenvalue weighted by Crippen LogP contribution is 2.13. The molecule has 1 amide bonds. The number of nitrogens with zero attached hydrogens (tertiary/aromatic N) is 1. The van der Waals surface area contributed by atoms with Crippen LogP contribution in [0, 0.1) is 0 Å². The molecule has 0 radical (unpaired) electrons. The highest BCUT2D eigenvalue weighted by Gasteiger charge is 2.05. The Labute approximate surface area is 152 Å². The molecule has 0 saturated heterocycles. The number of halogens is 1. The summed E-state index contributed by atoms with van der Waals surface area (Å²) in [5.41, 5.74) is 1.98. The molecule has 1 N–H and O–H groups in total. The summed E-state index contributed by atoms with van der Waals surface area (Å²) in [6, 6.07) is 15.1. The van der Waals surface area contributed by atoms with Crippen LogP contribution in [0.1, 0.15) is 17.5 Å². The van der Waals surface area contributed by atoms with Gasteiger partial charge in [0.25, 0.3) is 0 Å². The van der Waals surface area contributed by atoms with Crippen LogP contribution in [0.3, 0.4) is 0 Å². The van der Waals surface area contributed by atoms with Crippen LogP contribution in [-0.2, 0) is 17.9 Å². The van der Waals surface area contributed by atoms with E-state index in [1.54, 1.807) is 14.2 Å². The van der Waals surface area contributed by atoms with Gasteiger partial charge in [0.2, 0.25) is 5.91 Å². The van der Waals surface area contributed by atoms with Gasteiger partial charge in [0.05, 0.1) is 27.2 Å². The van der Waals surface area contributed by atoms with E-state index in [-0.39, 0.29) is 17.5 Å². The lowest BCUT2D eigenvalue weighted by Crippen LogP contribution is -2.24. The second kappa shape index (κ2) is 9.69. The quantitative estimate of drug-likeness (QED) is 0.732. The average Bonchev–Trinajstić information content (AvgIpc) is 2.65. The van der Waals surface area contributed by atoms with E-state index < -0.39 is 0 Å². The van der Waals surface area contributed by atoms with Crippen LogP contribution in [0.2, 0.25) is 0 Å². The number of amides is 1. The van der Waals surface area contributed by atoms with E-state index in [1.165, 1.54) is 0 Å². The summed E-state index contributed by atoms with van der Waals surface area (Å²) in [4.78, 5) is 16.2. The van der Waals surface area contributed by atoms with Crippen LogP contribution >= 0.6 is 11.6 Å². The molecule has 5 nitrogen and oxygen atoms in total. The number of ether oxygens (including phenoxy) is 2. The van der Waals surface area contributed by atoms with Crippen molar-refractivity contribution in [2.24, 2.45) is 4.99 Å². The van der Waals surface area contributed by atoms with Gasteiger partial charge < -0.3 is 14.8 Å². The van der Waals surface area contributed by atoms with Crippen LogP contribution in [0.5, 0.6) is 11.5 Å². The standard InChI is InChI=1S/C19H21ClN2O3/c1-24-16-7-3-14(4-8-16)12-21-18(20)11-19(23)22-13-15-5-9-17(25-2)10-6-15/h3-10H,11-13H2,1-2H3,(H,22,23). The molecule has 0 aliphatic carbocycles. The minimum Gasteiger partial charge on any atom is -0.497 e. The van der Waals surface area contributed by atoms with Crippen molar-refractivity contribution >= 4 is 22.7 Å². The average molecular weight is 361 g/mol. The first kappa shape index (κ1) is 18.8. The second-order valence-electron chi connectivity index (χ2n) is 5.34. The molecular weight excluding hydrogens is 340 g/mol. The van der Waals surface area contributed by atoms with Crippen molar-refractivity contribution in [3.63, 3.8) is 0 Å². The molecule has 0 spiro atoms. The number of carbonyl (C=O) groups is 1. The Kier molecular flexibility index (Phi) is 7.29. The van der Waals surface area contributed by atoms with Crippen LogP contribution in [0.25, 0.3) is 0 Å². The summed E-state index contributed by atoms with van der Waals surface area (Å²) in [6.07, 6.45) is 0.0634. The zero-order valence-corrected chi connectivity index (χ0v) is 15.0. The molecule has 0 aliphatic rings. The van der Waals surface area contributed by atoms with Gasteiger partial charge in [-0.1, -0.05) is 35.9 Å². The monoisotopic (exact) mass is 360 g/mol. The lowest BCUT2D eigenvalue weighted by molar-refractivity contribution is -0.120. The Balaban J connectivity index is 1.77. The highest BCUT2D eigenvalue weighted by molar-refractivity contribution is 6.66. The van der Waals surface area contributed by atoms with Crippen LogP contribution in [0.15, 0.2) is 53.5 Å². The minimum absolute atomic E-state index is 0.0634. The van der Waals surface area contributed by atoms with Crippen molar-refractivity contribution in [3.8, 4) is 11.5 Å². The molecule has 6 heteroatoms. The van der Waals surface area contributed by atoms with E-state index >= 15 is 0 Å². The molecule has 0 saturated carbocycles. The molecule has 25 heavy (non-hydrogen) atoms. The predicted octanol–water partition coefficient (Wildman–Crippen LogP) is 3.55. The van der Waals surface area contributed by atoms with Gasteiger partial charge in [-0.2, -0.15) is 0 Å². The highest BCUT2D eigenvalue weighted by atomic mass is 35.5. The number of rotatable bonds is 8. The first-order valence-corrected chi connectivity index (χ1v) is 8.20. The number of hydrogen-bond donors (Lipinski definition) is 1. The third kappa shape index (κ3) is 6.47. The summed E-state index contributed by atoms with van der Waals surface area (Å²) in [5, 5.41) is 3.10. The number of hydrogen-bond acceptors (Lipinski definition) is 4. The molecule has 0 unspecified atom stereocenters. The van der Waals surface area contributed by atoms with Gasteiger partial charge >= 0.3 is 0 Å². The number of carbonyl (C=O) groups excluding carboxylic acids is 1. The SMILES string of the molecule is COc1ccc(CN=C(Cl)CC(=O)NCc2ccc(OC)cc2)cc1.